The summed E-state index contributed by atoms with van der Waals surface area (Å²) in [6, 6.07) is 8.79. The lowest BCUT2D eigenvalue weighted by Crippen LogP contribution is -2.51. The molecule has 0 aliphatic carbocycles. The zero-order valence-electron chi connectivity index (χ0n) is 19.5. The van der Waals surface area contributed by atoms with Gasteiger partial charge in [-0.2, -0.15) is 26.3 Å². The van der Waals surface area contributed by atoms with Crippen molar-refractivity contribution in [2.24, 2.45) is 0 Å². The van der Waals surface area contributed by atoms with E-state index in [-0.39, 0.29) is 17.3 Å². The normalized spacial score (nSPS) is 19.4. The third-order valence-corrected chi connectivity index (χ3v) is 7.50. The highest BCUT2D eigenvalue weighted by Gasteiger charge is 2.36. The molecular formula is C24H24F6N4O2S. The number of hydrogen-bond acceptors (Lipinski definition) is 4. The van der Waals surface area contributed by atoms with Crippen molar-refractivity contribution in [2.75, 3.05) is 50.3 Å². The summed E-state index contributed by atoms with van der Waals surface area (Å²) in [5.41, 5.74) is -0.874. The predicted octanol–water partition coefficient (Wildman–Crippen LogP) is 5.15. The third kappa shape index (κ3) is 6.69. The number of carbonyl (C=O) groups is 2. The lowest BCUT2D eigenvalue weighted by Gasteiger charge is -2.36. The number of rotatable bonds is 5. The number of piperazine rings is 1. The quantitative estimate of drug-likeness (QED) is 0.528. The summed E-state index contributed by atoms with van der Waals surface area (Å²) in [4.78, 5) is 30.1. The minimum Gasteiger partial charge on any atom is -0.325 e. The van der Waals surface area contributed by atoms with Gasteiger partial charge in [0.1, 0.15) is 5.37 Å². The molecule has 0 bridgehead atoms. The number of nitrogens with one attached hydrogen (secondary N) is 1. The van der Waals surface area contributed by atoms with Crippen LogP contribution >= 0.6 is 11.8 Å². The van der Waals surface area contributed by atoms with Gasteiger partial charge < -0.3 is 15.1 Å². The molecule has 1 unspecified atom stereocenters. The molecular weight excluding hydrogens is 522 g/mol. The molecule has 2 aromatic carbocycles. The van der Waals surface area contributed by atoms with Gasteiger partial charge in [0, 0.05) is 45.0 Å². The lowest BCUT2D eigenvalue weighted by atomic mass is 10.1. The largest absolute Gasteiger partial charge is 0.416 e. The molecule has 2 fully saturated rings. The highest BCUT2D eigenvalue weighted by Crippen LogP contribution is 2.40. The first-order valence-corrected chi connectivity index (χ1v) is 12.5. The maximum Gasteiger partial charge on any atom is 0.416 e. The number of alkyl halides is 6. The van der Waals surface area contributed by atoms with E-state index in [9.17, 15) is 35.9 Å². The maximum absolute atomic E-state index is 13.1. The van der Waals surface area contributed by atoms with Crippen molar-refractivity contribution >= 4 is 29.4 Å². The molecule has 0 spiro atoms. The highest BCUT2D eigenvalue weighted by atomic mass is 32.2. The number of hydrogen-bond donors (Lipinski definition) is 1. The van der Waals surface area contributed by atoms with Crippen LogP contribution in [0.15, 0.2) is 48.5 Å². The summed E-state index contributed by atoms with van der Waals surface area (Å²) in [5.74, 6) is 0.0562. The number of anilines is 1. The topological polar surface area (TPSA) is 55.9 Å². The summed E-state index contributed by atoms with van der Waals surface area (Å²) in [6.45, 7) is 2.63. The monoisotopic (exact) mass is 546 g/mol. The molecule has 1 N–H and O–H groups in total. The molecule has 4 rings (SSSR count). The van der Waals surface area contributed by atoms with E-state index in [0.29, 0.717) is 44.8 Å². The number of amides is 3. The summed E-state index contributed by atoms with van der Waals surface area (Å²) in [5, 5.41) is 2.10. The Morgan fingerprint density at radius 1 is 0.892 bits per heavy atom. The van der Waals surface area contributed by atoms with Crippen molar-refractivity contribution in [2.45, 2.75) is 17.7 Å². The lowest BCUT2D eigenvalue weighted by molar-refractivity contribution is -0.138. The van der Waals surface area contributed by atoms with E-state index < -0.39 is 34.9 Å². The predicted molar refractivity (Wildman–Crippen MR) is 127 cm³/mol. The van der Waals surface area contributed by atoms with Gasteiger partial charge in [-0.3, -0.25) is 9.69 Å². The number of nitrogens with zero attached hydrogens (tertiary/aromatic N) is 3. The van der Waals surface area contributed by atoms with Crippen LogP contribution in [0.4, 0.5) is 36.8 Å². The number of benzene rings is 2. The van der Waals surface area contributed by atoms with Crippen molar-refractivity contribution in [3.05, 3.63) is 65.2 Å². The van der Waals surface area contributed by atoms with Crippen LogP contribution < -0.4 is 5.32 Å². The van der Waals surface area contributed by atoms with Crippen LogP contribution in [0.5, 0.6) is 0 Å². The van der Waals surface area contributed by atoms with Crippen LogP contribution in [0.2, 0.25) is 0 Å². The molecule has 3 amide bonds. The highest BCUT2D eigenvalue weighted by molar-refractivity contribution is 8.00. The fourth-order valence-electron chi connectivity index (χ4n) is 4.21. The maximum atomic E-state index is 13.1. The van der Waals surface area contributed by atoms with Gasteiger partial charge in [-0.1, -0.05) is 12.1 Å². The van der Waals surface area contributed by atoms with Gasteiger partial charge in [-0.25, -0.2) is 4.79 Å². The Labute approximate surface area is 213 Å². The molecule has 0 radical (unpaired) electrons. The number of carbonyl (C=O) groups excluding carboxylic acids is 2. The smallest absolute Gasteiger partial charge is 0.325 e. The standard InChI is InChI=1S/C24H24F6N4O2S/c25-23(26,27)17-4-6-19(7-5-17)31-22(36)33-11-8-32(9-12-33)10-13-34-20(35)15-37-21(34)16-2-1-3-18(14-16)24(28,29)30/h1-7,14,21H,8-13,15H2,(H,31,36). The molecule has 2 aliphatic heterocycles. The molecule has 0 aromatic heterocycles. The van der Waals surface area contributed by atoms with Gasteiger partial charge in [0.15, 0.2) is 0 Å². The average molecular weight is 547 g/mol. The van der Waals surface area contributed by atoms with E-state index in [1.165, 1.54) is 30.0 Å². The zero-order chi connectivity index (χ0) is 26.8. The molecule has 2 saturated heterocycles. The van der Waals surface area contributed by atoms with Crippen LogP contribution in [0.1, 0.15) is 22.1 Å². The number of urea groups is 1. The second-order valence-electron chi connectivity index (χ2n) is 8.71. The van der Waals surface area contributed by atoms with Crippen molar-refractivity contribution in [1.29, 1.82) is 0 Å². The molecule has 0 saturated carbocycles. The minimum atomic E-state index is -4.47. The van der Waals surface area contributed by atoms with E-state index >= 15 is 0 Å². The first kappa shape index (κ1) is 27.1. The Morgan fingerprint density at radius 2 is 1.54 bits per heavy atom. The molecule has 37 heavy (non-hydrogen) atoms. The molecule has 13 heteroatoms. The second kappa shape index (κ2) is 10.8. The number of halogens is 6. The van der Waals surface area contributed by atoms with Crippen molar-refractivity contribution in [3.8, 4) is 0 Å². The second-order valence-corrected chi connectivity index (χ2v) is 9.78. The van der Waals surface area contributed by atoms with Gasteiger partial charge in [-0.15, -0.1) is 11.8 Å². The summed E-state index contributed by atoms with van der Waals surface area (Å²) < 4.78 is 77.5. The third-order valence-electron chi connectivity index (χ3n) is 6.25. The average Bonchev–Trinajstić information content (AvgIpc) is 3.22. The van der Waals surface area contributed by atoms with Gasteiger partial charge in [0.25, 0.3) is 0 Å². The van der Waals surface area contributed by atoms with E-state index in [1.54, 1.807) is 15.9 Å². The van der Waals surface area contributed by atoms with Crippen LogP contribution in [-0.4, -0.2) is 71.7 Å². The van der Waals surface area contributed by atoms with E-state index in [4.69, 9.17) is 0 Å². The van der Waals surface area contributed by atoms with Crippen LogP contribution in [0.3, 0.4) is 0 Å². The fourth-order valence-corrected chi connectivity index (χ4v) is 5.42. The Kier molecular flexibility index (Phi) is 7.93. The first-order chi connectivity index (χ1) is 17.4. The Balaban J connectivity index is 1.27. The molecule has 200 valence electrons. The SMILES string of the molecule is O=C(Nc1ccc(C(F)(F)F)cc1)N1CCN(CCN2C(=O)CSC2c2cccc(C(F)(F)F)c2)CC1. The van der Waals surface area contributed by atoms with Gasteiger partial charge >= 0.3 is 18.4 Å². The van der Waals surface area contributed by atoms with Crippen molar-refractivity contribution in [1.82, 2.24) is 14.7 Å². The minimum absolute atomic E-state index is 0.137. The van der Waals surface area contributed by atoms with Crippen LogP contribution in [0.25, 0.3) is 0 Å². The van der Waals surface area contributed by atoms with Crippen molar-refractivity contribution < 1.29 is 35.9 Å². The Bertz CT molecular complexity index is 1120. The summed E-state index contributed by atoms with van der Waals surface area (Å²) in [6.07, 6.45) is -8.92. The molecule has 6 nitrogen and oxygen atoms in total. The molecule has 1 atom stereocenters. The molecule has 2 aliphatic rings. The van der Waals surface area contributed by atoms with Gasteiger partial charge in [0.05, 0.1) is 16.9 Å². The summed E-state index contributed by atoms with van der Waals surface area (Å²) in [7, 11) is 0. The molecule has 2 heterocycles. The zero-order valence-corrected chi connectivity index (χ0v) is 20.3. The van der Waals surface area contributed by atoms with E-state index in [0.717, 1.165) is 24.3 Å². The van der Waals surface area contributed by atoms with Crippen LogP contribution in [0, 0.1) is 0 Å². The number of thioether (sulfide) groups is 1. The van der Waals surface area contributed by atoms with E-state index in [1.807, 2.05) is 0 Å². The Hall–Kier alpha value is -2.93. The Morgan fingerprint density at radius 3 is 2.16 bits per heavy atom. The van der Waals surface area contributed by atoms with Crippen LogP contribution in [-0.2, 0) is 17.1 Å². The van der Waals surface area contributed by atoms with Gasteiger partial charge in [0.2, 0.25) is 5.91 Å². The van der Waals surface area contributed by atoms with E-state index in [2.05, 4.69) is 10.2 Å². The first-order valence-electron chi connectivity index (χ1n) is 11.5. The molecule has 2 aromatic rings. The van der Waals surface area contributed by atoms with Gasteiger partial charge in [-0.05, 0) is 42.0 Å². The van der Waals surface area contributed by atoms with Crippen molar-refractivity contribution in [3.63, 3.8) is 0 Å². The fraction of sp³-hybridized carbons (Fsp3) is 0.417. The summed E-state index contributed by atoms with van der Waals surface area (Å²) >= 11 is 1.29.